The number of carbonyl (C=O) groups excluding carboxylic acids is 2. The molecule has 0 aromatic carbocycles. The maximum Gasteiger partial charge on any atom is 0.323 e. The third-order valence-electron chi connectivity index (χ3n) is 9.72. The molecule has 280 valence electrons. The summed E-state index contributed by atoms with van der Waals surface area (Å²) in [5.41, 5.74) is -1.23. The molecule has 0 saturated heterocycles. The highest BCUT2D eigenvalue weighted by Crippen LogP contribution is 2.29. The standard InChI is InChI=1S/C41H81NO5/c1-5-8-11-14-17-18-19-20-22-27-33-42(35-31-36-43)34-28-23-21-26-32-41(4,39(44)46-37-29-24-15-12-9-6-2)40(45)47-38-30-25-16-13-10-7-3/h43H,5-38H2,1-4H3. The lowest BCUT2D eigenvalue weighted by atomic mass is 9.84. The van der Waals surface area contributed by atoms with Crippen molar-refractivity contribution < 1.29 is 24.2 Å². The Balaban J connectivity index is 4.58. The van der Waals surface area contributed by atoms with Crippen LogP contribution in [0.2, 0.25) is 0 Å². The fourth-order valence-electron chi connectivity index (χ4n) is 6.32. The van der Waals surface area contributed by atoms with Crippen LogP contribution in [0.5, 0.6) is 0 Å². The average molecular weight is 668 g/mol. The predicted octanol–water partition coefficient (Wildman–Crippen LogP) is 11.4. The molecular weight excluding hydrogens is 586 g/mol. The van der Waals surface area contributed by atoms with E-state index in [4.69, 9.17) is 9.47 Å². The van der Waals surface area contributed by atoms with E-state index in [1.807, 2.05) is 0 Å². The van der Waals surface area contributed by atoms with Gasteiger partial charge in [-0.3, -0.25) is 9.59 Å². The summed E-state index contributed by atoms with van der Waals surface area (Å²) in [4.78, 5) is 29.0. The minimum absolute atomic E-state index is 0.247. The highest BCUT2D eigenvalue weighted by Gasteiger charge is 2.43. The summed E-state index contributed by atoms with van der Waals surface area (Å²) in [5, 5.41) is 9.39. The maximum atomic E-state index is 13.2. The molecule has 0 aromatic heterocycles. The molecule has 0 saturated carbocycles. The van der Waals surface area contributed by atoms with Gasteiger partial charge >= 0.3 is 11.9 Å². The zero-order valence-corrected chi connectivity index (χ0v) is 32.1. The quantitative estimate of drug-likeness (QED) is 0.0404. The van der Waals surface area contributed by atoms with Crippen LogP contribution in [0.15, 0.2) is 0 Å². The number of nitrogens with zero attached hydrogens (tertiary/aromatic N) is 1. The van der Waals surface area contributed by atoms with Gasteiger partial charge in [0.2, 0.25) is 0 Å². The molecule has 0 heterocycles. The van der Waals surface area contributed by atoms with Crippen molar-refractivity contribution in [2.24, 2.45) is 5.41 Å². The fourth-order valence-corrected chi connectivity index (χ4v) is 6.32. The number of aliphatic hydroxyl groups excluding tert-OH is 1. The van der Waals surface area contributed by atoms with E-state index in [1.54, 1.807) is 6.92 Å². The molecule has 47 heavy (non-hydrogen) atoms. The number of rotatable bonds is 37. The highest BCUT2D eigenvalue weighted by molar-refractivity contribution is 5.99. The second-order valence-corrected chi connectivity index (χ2v) is 14.4. The Kier molecular flexibility index (Phi) is 33.9. The van der Waals surface area contributed by atoms with Crippen LogP contribution < -0.4 is 0 Å². The molecule has 6 heteroatoms. The largest absolute Gasteiger partial charge is 0.465 e. The van der Waals surface area contributed by atoms with Gasteiger partial charge in [0.25, 0.3) is 0 Å². The van der Waals surface area contributed by atoms with E-state index < -0.39 is 17.4 Å². The van der Waals surface area contributed by atoms with Gasteiger partial charge in [-0.15, -0.1) is 0 Å². The normalized spacial score (nSPS) is 11.8. The lowest BCUT2D eigenvalue weighted by Crippen LogP contribution is -2.39. The van der Waals surface area contributed by atoms with E-state index in [1.165, 1.54) is 116 Å². The van der Waals surface area contributed by atoms with Crippen molar-refractivity contribution >= 4 is 11.9 Å². The zero-order valence-electron chi connectivity index (χ0n) is 32.1. The number of unbranched alkanes of at least 4 members (excludes halogenated alkanes) is 22. The monoisotopic (exact) mass is 668 g/mol. The average Bonchev–Trinajstić information content (AvgIpc) is 3.07. The van der Waals surface area contributed by atoms with E-state index in [2.05, 4.69) is 25.7 Å². The van der Waals surface area contributed by atoms with Gasteiger partial charge in [0.05, 0.1) is 13.2 Å². The molecule has 6 nitrogen and oxygen atoms in total. The second-order valence-electron chi connectivity index (χ2n) is 14.4. The van der Waals surface area contributed by atoms with Gasteiger partial charge < -0.3 is 19.5 Å². The third-order valence-corrected chi connectivity index (χ3v) is 9.72. The highest BCUT2D eigenvalue weighted by atomic mass is 16.6. The van der Waals surface area contributed by atoms with Crippen molar-refractivity contribution in [3.05, 3.63) is 0 Å². The minimum atomic E-state index is -1.23. The van der Waals surface area contributed by atoms with E-state index in [0.717, 1.165) is 77.4 Å². The lowest BCUT2D eigenvalue weighted by Gasteiger charge is -2.26. The van der Waals surface area contributed by atoms with Crippen LogP contribution in [0, 0.1) is 5.41 Å². The number of carbonyl (C=O) groups is 2. The van der Waals surface area contributed by atoms with Crippen LogP contribution in [-0.2, 0) is 19.1 Å². The van der Waals surface area contributed by atoms with Gasteiger partial charge in [0.15, 0.2) is 5.41 Å². The van der Waals surface area contributed by atoms with Crippen LogP contribution in [0.3, 0.4) is 0 Å². The SMILES string of the molecule is CCCCCCCCCCCCN(CCCO)CCCCCCC(C)(C(=O)OCCCCCCCC)C(=O)OCCCCCCCC. The second kappa shape index (κ2) is 34.7. The number of hydrogen-bond acceptors (Lipinski definition) is 6. The van der Waals surface area contributed by atoms with Gasteiger partial charge in [-0.25, -0.2) is 0 Å². The molecule has 0 aliphatic heterocycles. The fraction of sp³-hybridized carbons (Fsp3) is 0.951. The van der Waals surface area contributed by atoms with Gasteiger partial charge in [0, 0.05) is 13.2 Å². The van der Waals surface area contributed by atoms with Crippen molar-refractivity contribution in [1.82, 2.24) is 4.90 Å². The molecule has 0 fully saturated rings. The number of hydrogen-bond donors (Lipinski definition) is 1. The Morgan fingerprint density at radius 3 is 1.17 bits per heavy atom. The van der Waals surface area contributed by atoms with E-state index in [0.29, 0.717) is 19.6 Å². The predicted molar refractivity (Wildman–Crippen MR) is 200 cm³/mol. The van der Waals surface area contributed by atoms with Crippen LogP contribution >= 0.6 is 0 Å². The Morgan fingerprint density at radius 2 is 0.787 bits per heavy atom. The van der Waals surface area contributed by atoms with Gasteiger partial charge in [-0.05, 0) is 58.5 Å². The Labute approximate surface area is 292 Å². The van der Waals surface area contributed by atoms with Crippen LogP contribution in [0.4, 0.5) is 0 Å². The zero-order chi connectivity index (χ0) is 34.7. The van der Waals surface area contributed by atoms with Crippen molar-refractivity contribution in [1.29, 1.82) is 0 Å². The molecule has 0 aromatic rings. The minimum Gasteiger partial charge on any atom is -0.465 e. The van der Waals surface area contributed by atoms with Crippen molar-refractivity contribution in [3.8, 4) is 0 Å². The van der Waals surface area contributed by atoms with Crippen molar-refractivity contribution in [3.63, 3.8) is 0 Å². The number of ether oxygens (including phenoxy) is 2. The van der Waals surface area contributed by atoms with Gasteiger partial charge in [0.1, 0.15) is 0 Å². The summed E-state index contributed by atoms with van der Waals surface area (Å²) < 4.78 is 11.3. The van der Waals surface area contributed by atoms with Crippen LogP contribution in [0.25, 0.3) is 0 Å². The first-order valence-electron chi connectivity index (χ1n) is 20.6. The molecule has 0 unspecified atom stereocenters. The topological polar surface area (TPSA) is 76.1 Å². The first kappa shape index (κ1) is 45.9. The van der Waals surface area contributed by atoms with E-state index >= 15 is 0 Å². The number of aliphatic hydroxyl groups is 1. The molecule has 0 spiro atoms. The summed E-state index contributed by atoms with van der Waals surface area (Å²) in [7, 11) is 0. The Hall–Kier alpha value is -1.14. The molecule has 0 aliphatic carbocycles. The molecule has 0 radical (unpaired) electrons. The molecule has 0 bridgehead atoms. The summed E-state index contributed by atoms with van der Waals surface area (Å²) in [6.45, 7) is 12.6. The van der Waals surface area contributed by atoms with Crippen molar-refractivity contribution in [2.45, 2.75) is 207 Å². The molecule has 0 amide bonds. The van der Waals surface area contributed by atoms with Crippen molar-refractivity contribution in [2.75, 3.05) is 39.5 Å². The molecule has 1 N–H and O–H groups in total. The maximum absolute atomic E-state index is 13.2. The summed E-state index contributed by atoms with van der Waals surface area (Å²) in [6.07, 6.45) is 32.3. The summed E-state index contributed by atoms with van der Waals surface area (Å²) in [6, 6.07) is 0. The Morgan fingerprint density at radius 1 is 0.468 bits per heavy atom. The lowest BCUT2D eigenvalue weighted by molar-refractivity contribution is -0.172. The van der Waals surface area contributed by atoms with E-state index in [-0.39, 0.29) is 6.61 Å². The molecular formula is C41H81NO5. The first-order valence-corrected chi connectivity index (χ1v) is 20.6. The van der Waals surface area contributed by atoms with Crippen LogP contribution in [0.1, 0.15) is 207 Å². The van der Waals surface area contributed by atoms with Crippen LogP contribution in [-0.4, -0.2) is 61.4 Å². The smallest absolute Gasteiger partial charge is 0.323 e. The molecule has 0 rings (SSSR count). The molecule has 0 atom stereocenters. The summed E-state index contributed by atoms with van der Waals surface area (Å²) >= 11 is 0. The summed E-state index contributed by atoms with van der Waals surface area (Å²) in [5.74, 6) is -0.823. The van der Waals surface area contributed by atoms with E-state index in [9.17, 15) is 14.7 Å². The first-order chi connectivity index (χ1) is 23.0. The number of esters is 2. The Bertz CT molecular complexity index is 655. The molecule has 0 aliphatic rings. The third kappa shape index (κ3) is 27.4. The van der Waals surface area contributed by atoms with Gasteiger partial charge in [-0.2, -0.15) is 0 Å². The van der Waals surface area contributed by atoms with Gasteiger partial charge in [-0.1, -0.05) is 162 Å².